The van der Waals surface area contributed by atoms with Gasteiger partial charge in [0.05, 0.1) is 6.20 Å². The SMILES string of the molecule is NNc1ncc(Cl)c(N2CCNC(=O)CC2)n1. The third-order valence-corrected chi connectivity index (χ3v) is 2.73. The fourth-order valence-corrected chi connectivity index (χ4v) is 1.84. The number of rotatable bonds is 2. The Hall–Kier alpha value is -1.60. The fourth-order valence-electron chi connectivity index (χ4n) is 1.63. The summed E-state index contributed by atoms with van der Waals surface area (Å²) >= 11 is 6.04. The van der Waals surface area contributed by atoms with E-state index in [1.165, 1.54) is 6.20 Å². The van der Waals surface area contributed by atoms with Crippen LogP contribution in [0, 0.1) is 0 Å². The van der Waals surface area contributed by atoms with Gasteiger partial charge >= 0.3 is 0 Å². The maximum Gasteiger partial charge on any atom is 0.239 e. The van der Waals surface area contributed by atoms with Gasteiger partial charge in [0.2, 0.25) is 11.9 Å². The highest BCUT2D eigenvalue weighted by Gasteiger charge is 2.17. The number of nitrogen functional groups attached to an aromatic ring is 1. The summed E-state index contributed by atoms with van der Waals surface area (Å²) in [5.74, 6) is 6.17. The van der Waals surface area contributed by atoms with Gasteiger partial charge in [-0.25, -0.2) is 10.8 Å². The molecule has 92 valence electrons. The average Bonchev–Trinajstić information content (AvgIpc) is 2.55. The highest BCUT2D eigenvalue weighted by atomic mass is 35.5. The van der Waals surface area contributed by atoms with Gasteiger partial charge in [0.1, 0.15) is 5.02 Å². The highest BCUT2D eigenvalue weighted by Crippen LogP contribution is 2.23. The molecule has 1 aliphatic rings. The molecule has 1 saturated heterocycles. The number of hydrogen-bond acceptors (Lipinski definition) is 6. The van der Waals surface area contributed by atoms with Crippen molar-refractivity contribution < 1.29 is 4.79 Å². The molecule has 0 bridgehead atoms. The number of anilines is 2. The number of nitrogens with zero attached hydrogens (tertiary/aromatic N) is 3. The van der Waals surface area contributed by atoms with E-state index in [1.54, 1.807) is 0 Å². The largest absolute Gasteiger partial charge is 0.354 e. The molecular formula is C9H13ClN6O. The lowest BCUT2D eigenvalue weighted by atomic mass is 10.3. The molecule has 7 nitrogen and oxygen atoms in total. The number of nitrogens with one attached hydrogen (secondary N) is 2. The summed E-state index contributed by atoms with van der Waals surface area (Å²) in [7, 11) is 0. The van der Waals surface area contributed by atoms with Crippen molar-refractivity contribution in [3.05, 3.63) is 11.2 Å². The molecular weight excluding hydrogens is 244 g/mol. The van der Waals surface area contributed by atoms with Crippen LogP contribution >= 0.6 is 11.6 Å². The van der Waals surface area contributed by atoms with Crippen molar-refractivity contribution in [2.75, 3.05) is 30.0 Å². The summed E-state index contributed by atoms with van der Waals surface area (Å²) in [5.41, 5.74) is 2.37. The predicted molar refractivity (Wildman–Crippen MR) is 64.7 cm³/mol. The van der Waals surface area contributed by atoms with Crippen molar-refractivity contribution in [3.63, 3.8) is 0 Å². The Bertz CT molecular complexity index is 426. The first-order valence-corrected chi connectivity index (χ1v) is 5.59. The first kappa shape index (κ1) is 11.9. The van der Waals surface area contributed by atoms with E-state index in [4.69, 9.17) is 17.4 Å². The van der Waals surface area contributed by atoms with Crippen LogP contribution in [-0.4, -0.2) is 35.5 Å². The number of hydrogen-bond donors (Lipinski definition) is 3. The van der Waals surface area contributed by atoms with Crippen LogP contribution in [-0.2, 0) is 4.79 Å². The molecule has 0 saturated carbocycles. The van der Waals surface area contributed by atoms with E-state index in [0.717, 1.165) is 0 Å². The van der Waals surface area contributed by atoms with E-state index in [9.17, 15) is 4.79 Å². The van der Waals surface area contributed by atoms with E-state index < -0.39 is 0 Å². The second kappa shape index (κ2) is 5.15. The maximum atomic E-state index is 11.2. The lowest BCUT2D eigenvalue weighted by molar-refractivity contribution is -0.120. The topological polar surface area (TPSA) is 96.2 Å². The first-order valence-electron chi connectivity index (χ1n) is 5.21. The molecule has 2 heterocycles. The van der Waals surface area contributed by atoms with Crippen LogP contribution in [0.3, 0.4) is 0 Å². The van der Waals surface area contributed by atoms with Gasteiger partial charge in [-0.1, -0.05) is 11.6 Å². The average molecular weight is 257 g/mol. The lowest BCUT2D eigenvalue weighted by Crippen LogP contribution is -2.29. The molecule has 0 aromatic carbocycles. The molecule has 0 aliphatic carbocycles. The highest BCUT2D eigenvalue weighted by molar-refractivity contribution is 6.32. The van der Waals surface area contributed by atoms with Gasteiger partial charge in [-0.05, 0) is 0 Å². The van der Waals surface area contributed by atoms with Crippen LogP contribution in [0.1, 0.15) is 6.42 Å². The molecule has 1 amide bonds. The summed E-state index contributed by atoms with van der Waals surface area (Å²) in [6.07, 6.45) is 1.91. The van der Waals surface area contributed by atoms with Crippen molar-refractivity contribution in [3.8, 4) is 0 Å². The van der Waals surface area contributed by atoms with Crippen molar-refractivity contribution in [2.24, 2.45) is 5.84 Å². The normalized spacial score (nSPS) is 16.4. The zero-order valence-corrected chi connectivity index (χ0v) is 9.87. The molecule has 0 unspecified atom stereocenters. The van der Waals surface area contributed by atoms with Crippen LogP contribution in [0.4, 0.5) is 11.8 Å². The van der Waals surface area contributed by atoms with Gasteiger partial charge in [0.15, 0.2) is 5.82 Å². The Morgan fingerprint density at radius 2 is 2.35 bits per heavy atom. The Balaban J connectivity index is 2.22. The molecule has 0 radical (unpaired) electrons. The molecule has 0 spiro atoms. The number of halogens is 1. The molecule has 2 rings (SSSR count). The van der Waals surface area contributed by atoms with E-state index in [0.29, 0.717) is 42.8 Å². The van der Waals surface area contributed by atoms with Gasteiger partial charge in [0, 0.05) is 26.1 Å². The first-order chi connectivity index (χ1) is 8.20. The monoisotopic (exact) mass is 256 g/mol. The molecule has 1 aliphatic heterocycles. The van der Waals surface area contributed by atoms with E-state index in [-0.39, 0.29) is 5.91 Å². The Morgan fingerprint density at radius 1 is 1.53 bits per heavy atom. The Kier molecular flexibility index (Phi) is 3.60. The molecule has 17 heavy (non-hydrogen) atoms. The number of carbonyl (C=O) groups is 1. The van der Waals surface area contributed by atoms with Gasteiger partial charge < -0.3 is 10.2 Å². The minimum absolute atomic E-state index is 0.0369. The van der Waals surface area contributed by atoms with Crippen LogP contribution < -0.4 is 21.5 Å². The van der Waals surface area contributed by atoms with Crippen molar-refractivity contribution in [2.45, 2.75) is 6.42 Å². The molecule has 1 aromatic heterocycles. The van der Waals surface area contributed by atoms with Gasteiger partial charge in [-0.3, -0.25) is 10.2 Å². The smallest absolute Gasteiger partial charge is 0.239 e. The van der Waals surface area contributed by atoms with Crippen molar-refractivity contribution >= 4 is 29.3 Å². The van der Waals surface area contributed by atoms with E-state index in [2.05, 4.69) is 20.7 Å². The number of hydrazine groups is 1. The maximum absolute atomic E-state index is 11.2. The van der Waals surface area contributed by atoms with Gasteiger partial charge in [-0.15, -0.1) is 0 Å². The fraction of sp³-hybridized carbons (Fsp3) is 0.444. The molecule has 4 N–H and O–H groups in total. The third kappa shape index (κ3) is 2.75. The molecule has 1 fully saturated rings. The second-order valence-electron chi connectivity index (χ2n) is 3.60. The summed E-state index contributed by atoms with van der Waals surface area (Å²) in [4.78, 5) is 21.3. The predicted octanol–water partition coefficient (Wildman–Crippen LogP) is -0.258. The van der Waals surface area contributed by atoms with Gasteiger partial charge in [0.25, 0.3) is 0 Å². The Labute approximate surface area is 103 Å². The number of carbonyl (C=O) groups excluding carboxylic acids is 1. The second-order valence-corrected chi connectivity index (χ2v) is 4.00. The van der Waals surface area contributed by atoms with Crippen LogP contribution in [0.15, 0.2) is 6.20 Å². The number of aromatic nitrogens is 2. The number of amides is 1. The van der Waals surface area contributed by atoms with E-state index >= 15 is 0 Å². The third-order valence-electron chi connectivity index (χ3n) is 2.47. The van der Waals surface area contributed by atoms with Gasteiger partial charge in [-0.2, -0.15) is 4.98 Å². The lowest BCUT2D eigenvalue weighted by Gasteiger charge is -2.21. The summed E-state index contributed by atoms with van der Waals surface area (Å²) in [5, 5.41) is 3.23. The Morgan fingerprint density at radius 3 is 3.12 bits per heavy atom. The molecule has 8 heteroatoms. The summed E-state index contributed by atoms with van der Waals surface area (Å²) in [6.45, 7) is 1.81. The van der Waals surface area contributed by atoms with Crippen molar-refractivity contribution in [1.29, 1.82) is 0 Å². The summed E-state index contributed by atoms with van der Waals surface area (Å²) in [6, 6.07) is 0. The van der Waals surface area contributed by atoms with Crippen LogP contribution in [0.2, 0.25) is 5.02 Å². The van der Waals surface area contributed by atoms with Crippen LogP contribution in [0.25, 0.3) is 0 Å². The minimum atomic E-state index is 0.0369. The molecule has 0 atom stereocenters. The minimum Gasteiger partial charge on any atom is -0.354 e. The quantitative estimate of drug-likeness (QED) is 0.499. The van der Waals surface area contributed by atoms with Crippen LogP contribution in [0.5, 0.6) is 0 Å². The standard InChI is InChI=1S/C9H13ClN6O/c10-6-5-13-9(15-11)14-8(6)16-3-1-7(17)12-2-4-16/h5H,1-4,11H2,(H,12,17)(H,13,14,15). The van der Waals surface area contributed by atoms with E-state index in [1.807, 2.05) is 4.90 Å². The van der Waals surface area contributed by atoms with Crippen molar-refractivity contribution in [1.82, 2.24) is 15.3 Å². The summed E-state index contributed by atoms with van der Waals surface area (Å²) < 4.78 is 0. The zero-order valence-electron chi connectivity index (χ0n) is 9.11. The number of nitrogens with two attached hydrogens (primary N) is 1. The molecule has 1 aromatic rings. The zero-order chi connectivity index (χ0) is 12.3.